The number of anilines is 1. The monoisotopic (exact) mass is 486 g/mol. The summed E-state index contributed by atoms with van der Waals surface area (Å²) in [7, 11) is 0. The van der Waals surface area contributed by atoms with Crippen LogP contribution in [-0.4, -0.2) is 64.8 Å². The van der Waals surface area contributed by atoms with Gasteiger partial charge in [-0.3, -0.25) is 9.30 Å². The molecule has 0 spiro atoms. The van der Waals surface area contributed by atoms with E-state index in [1.54, 1.807) is 12.4 Å². The Morgan fingerprint density at radius 3 is 2.64 bits per heavy atom. The van der Waals surface area contributed by atoms with Crippen molar-refractivity contribution in [2.75, 3.05) is 18.0 Å². The Morgan fingerprint density at radius 1 is 1.08 bits per heavy atom. The molecule has 1 aliphatic heterocycles. The van der Waals surface area contributed by atoms with Crippen LogP contribution in [-0.2, 0) is 0 Å². The quantitative estimate of drug-likeness (QED) is 0.382. The van der Waals surface area contributed by atoms with Gasteiger partial charge in [-0.05, 0) is 44.2 Å². The maximum absolute atomic E-state index is 9.52. The summed E-state index contributed by atoms with van der Waals surface area (Å²) in [5.41, 5.74) is 1.90. The SMILES string of the molecule is CC[C@H]1CN([C@@H](CC)c2nc(C3CC3)no2)[C@H](CC)CN1c1nc2nncn2c2ccc(C#N)nc12. The van der Waals surface area contributed by atoms with Crippen molar-refractivity contribution in [3.63, 3.8) is 0 Å². The molecule has 36 heavy (non-hydrogen) atoms. The molecule has 0 unspecified atom stereocenters. The highest BCUT2D eigenvalue weighted by atomic mass is 16.5. The topological polar surface area (TPSA) is 125 Å². The zero-order valence-corrected chi connectivity index (χ0v) is 20.9. The van der Waals surface area contributed by atoms with Crippen LogP contribution in [0.15, 0.2) is 23.0 Å². The molecule has 3 atom stereocenters. The van der Waals surface area contributed by atoms with Crippen LogP contribution in [0.5, 0.6) is 0 Å². The average molecular weight is 487 g/mol. The number of pyridine rings is 1. The summed E-state index contributed by atoms with van der Waals surface area (Å²) in [5, 5.41) is 22.1. The second-order valence-electron chi connectivity index (χ2n) is 9.77. The molecule has 11 nitrogen and oxygen atoms in total. The number of nitrogens with zero attached hydrogens (tertiary/aromatic N) is 10. The third kappa shape index (κ3) is 3.76. The van der Waals surface area contributed by atoms with Crippen molar-refractivity contribution in [2.24, 2.45) is 0 Å². The first-order valence-corrected chi connectivity index (χ1v) is 12.9. The van der Waals surface area contributed by atoms with Crippen molar-refractivity contribution in [2.45, 2.75) is 76.9 Å². The number of aromatic nitrogens is 7. The van der Waals surface area contributed by atoms with Crippen molar-refractivity contribution < 1.29 is 4.52 Å². The van der Waals surface area contributed by atoms with Gasteiger partial charge in [0.15, 0.2) is 11.6 Å². The van der Waals surface area contributed by atoms with E-state index in [1.807, 2.05) is 10.5 Å². The minimum atomic E-state index is 0.0816. The van der Waals surface area contributed by atoms with Crippen LogP contribution >= 0.6 is 0 Å². The average Bonchev–Trinajstić information content (AvgIpc) is 3.45. The Hall–Kier alpha value is -3.65. The fraction of sp³-hybridized carbons (Fsp3) is 0.560. The maximum Gasteiger partial charge on any atom is 0.257 e. The van der Waals surface area contributed by atoms with Crippen LogP contribution in [0.3, 0.4) is 0 Å². The molecule has 0 radical (unpaired) electrons. The number of hydrogen-bond acceptors (Lipinski definition) is 10. The highest BCUT2D eigenvalue weighted by Gasteiger charge is 2.40. The van der Waals surface area contributed by atoms with E-state index in [0.717, 1.165) is 68.2 Å². The number of piperazine rings is 1. The van der Waals surface area contributed by atoms with Gasteiger partial charge in [0, 0.05) is 31.1 Å². The maximum atomic E-state index is 9.52. The van der Waals surface area contributed by atoms with Crippen molar-refractivity contribution in [1.82, 2.24) is 39.6 Å². The molecule has 0 bridgehead atoms. The van der Waals surface area contributed by atoms with Crippen LogP contribution in [0.4, 0.5) is 5.82 Å². The van der Waals surface area contributed by atoms with E-state index in [9.17, 15) is 5.26 Å². The Kier molecular flexibility index (Phi) is 5.76. The van der Waals surface area contributed by atoms with Crippen molar-refractivity contribution in [3.8, 4) is 6.07 Å². The molecule has 11 heteroatoms. The zero-order chi connectivity index (χ0) is 24.8. The van der Waals surface area contributed by atoms with Gasteiger partial charge in [0.1, 0.15) is 23.6 Å². The second-order valence-corrected chi connectivity index (χ2v) is 9.77. The Bertz CT molecular complexity index is 1430. The molecule has 2 aliphatic rings. The minimum absolute atomic E-state index is 0.0816. The van der Waals surface area contributed by atoms with Crippen LogP contribution < -0.4 is 4.90 Å². The molecule has 2 fully saturated rings. The summed E-state index contributed by atoms with van der Waals surface area (Å²) in [6, 6.07) is 6.33. The third-order valence-electron chi connectivity index (χ3n) is 7.62. The molecule has 1 saturated carbocycles. The smallest absolute Gasteiger partial charge is 0.257 e. The first-order chi connectivity index (χ1) is 17.6. The molecule has 1 saturated heterocycles. The van der Waals surface area contributed by atoms with Crippen LogP contribution in [0.1, 0.15) is 82.2 Å². The Morgan fingerprint density at radius 2 is 1.92 bits per heavy atom. The molecule has 0 amide bonds. The summed E-state index contributed by atoms with van der Waals surface area (Å²) in [6.45, 7) is 8.23. The standard InChI is InChI=1S/C25H30N10O/c1-4-17-13-34(23-21-20(10-9-16(11-26)28-21)35-14-27-31-25(35)30-23)18(5-2)12-33(17)19(6-3)24-29-22(32-36-24)15-7-8-15/h9-10,14-15,17-19H,4-8,12-13H2,1-3H3/t17-,18+,19+/m1/s1. The van der Waals surface area contributed by atoms with Gasteiger partial charge >= 0.3 is 0 Å². The molecule has 0 aromatic carbocycles. The lowest BCUT2D eigenvalue weighted by molar-refractivity contribution is 0.0713. The first-order valence-electron chi connectivity index (χ1n) is 12.9. The predicted molar refractivity (Wildman–Crippen MR) is 132 cm³/mol. The number of hydrogen-bond donors (Lipinski definition) is 0. The third-order valence-corrected chi connectivity index (χ3v) is 7.62. The fourth-order valence-electron chi connectivity index (χ4n) is 5.46. The number of rotatable bonds is 7. The van der Waals surface area contributed by atoms with Crippen molar-refractivity contribution >= 4 is 22.6 Å². The van der Waals surface area contributed by atoms with E-state index < -0.39 is 0 Å². The van der Waals surface area contributed by atoms with Gasteiger partial charge in [0.25, 0.3) is 5.78 Å². The molecule has 4 aromatic rings. The summed E-state index contributed by atoms with van der Waals surface area (Å²) in [4.78, 5) is 19.3. The molecule has 0 N–H and O–H groups in total. The van der Waals surface area contributed by atoms with Crippen molar-refractivity contribution in [3.05, 3.63) is 35.9 Å². The number of nitriles is 1. The summed E-state index contributed by atoms with van der Waals surface area (Å²) >= 11 is 0. The predicted octanol–water partition coefficient (Wildman–Crippen LogP) is 3.64. The van der Waals surface area contributed by atoms with E-state index in [1.165, 1.54) is 0 Å². The zero-order valence-electron chi connectivity index (χ0n) is 20.9. The molecular weight excluding hydrogens is 456 g/mol. The van der Waals surface area contributed by atoms with Gasteiger partial charge in [-0.15, -0.1) is 10.2 Å². The molecule has 186 valence electrons. The Balaban J connectivity index is 1.39. The normalized spacial score (nSPS) is 21.8. The molecule has 6 rings (SSSR count). The minimum Gasteiger partial charge on any atom is -0.349 e. The lowest BCUT2D eigenvalue weighted by atomic mass is 9.98. The van der Waals surface area contributed by atoms with Gasteiger partial charge in [-0.25, -0.2) is 4.98 Å². The van der Waals surface area contributed by atoms with E-state index in [-0.39, 0.29) is 18.1 Å². The van der Waals surface area contributed by atoms with Crippen molar-refractivity contribution in [1.29, 1.82) is 5.26 Å². The fourth-order valence-corrected chi connectivity index (χ4v) is 5.46. The lowest BCUT2D eigenvalue weighted by Crippen LogP contribution is -2.59. The molecule has 1 aliphatic carbocycles. The highest BCUT2D eigenvalue weighted by Crippen LogP contribution is 2.40. The van der Waals surface area contributed by atoms with Gasteiger partial charge in [-0.1, -0.05) is 25.9 Å². The Labute approximate surface area is 209 Å². The van der Waals surface area contributed by atoms with E-state index >= 15 is 0 Å². The summed E-state index contributed by atoms with van der Waals surface area (Å²) < 4.78 is 7.60. The van der Waals surface area contributed by atoms with Gasteiger partial charge in [0.05, 0.1) is 11.6 Å². The lowest BCUT2D eigenvalue weighted by Gasteiger charge is -2.48. The van der Waals surface area contributed by atoms with E-state index in [2.05, 4.69) is 57.0 Å². The number of fused-ring (bicyclic) bond motifs is 3. The van der Waals surface area contributed by atoms with E-state index in [4.69, 9.17) is 14.5 Å². The highest BCUT2D eigenvalue weighted by molar-refractivity contribution is 5.88. The van der Waals surface area contributed by atoms with Crippen LogP contribution in [0, 0.1) is 11.3 Å². The van der Waals surface area contributed by atoms with Gasteiger partial charge < -0.3 is 9.42 Å². The largest absolute Gasteiger partial charge is 0.349 e. The first kappa shape index (κ1) is 22.8. The molecule has 4 aromatic heterocycles. The van der Waals surface area contributed by atoms with Crippen LogP contribution in [0.25, 0.3) is 16.8 Å². The molecular formula is C25H30N10O. The van der Waals surface area contributed by atoms with E-state index in [0.29, 0.717) is 22.9 Å². The van der Waals surface area contributed by atoms with Gasteiger partial charge in [0.2, 0.25) is 5.89 Å². The van der Waals surface area contributed by atoms with Crippen LogP contribution in [0.2, 0.25) is 0 Å². The summed E-state index contributed by atoms with van der Waals surface area (Å²) in [6.07, 6.45) is 6.75. The van der Waals surface area contributed by atoms with Gasteiger partial charge in [-0.2, -0.15) is 15.2 Å². The molecule has 5 heterocycles. The second kappa shape index (κ2) is 9.09. The summed E-state index contributed by atoms with van der Waals surface area (Å²) in [5.74, 6) is 3.35.